The molecule has 1 aromatic heterocycles. The molecule has 0 spiro atoms. The number of rotatable bonds is 5. The van der Waals surface area contributed by atoms with E-state index in [1.807, 2.05) is 36.4 Å². The second-order valence-corrected chi connectivity index (χ2v) is 6.33. The van der Waals surface area contributed by atoms with Gasteiger partial charge in [-0.2, -0.15) is 4.98 Å². The highest BCUT2D eigenvalue weighted by Gasteiger charge is 2.15. The fraction of sp³-hybridized carbons (Fsp3) is 0.235. The maximum atomic E-state index is 12.0. The van der Waals surface area contributed by atoms with Gasteiger partial charge in [-0.3, -0.25) is 4.79 Å². The average Bonchev–Trinajstić information content (AvgIpc) is 2.99. The van der Waals surface area contributed by atoms with Crippen LogP contribution in [0.25, 0.3) is 10.8 Å². The van der Waals surface area contributed by atoms with Crippen molar-refractivity contribution in [1.29, 1.82) is 0 Å². The maximum absolute atomic E-state index is 12.0. The molecular weight excluding hydrogens is 374 g/mol. The summed E-state index contributed by atoms with van der Waals surface area (Å²) in [5, 5.41) is 8.61. The molecule has 0 aliphatic heterocycles. The predicted molar refractivity (Wildman–Crippen MR) is 92.7 cm³/mol. The number of halogens is 1. The van der Waals surface area contributed by atoms with Crippen molar-refractivity contribution in [2.45, 2.75) is 19.9 Å². The highest BCUT2D eigenvalue weighted by molar-refractivity contribution is 9.10. The van der Waals surface area contributed by atoms with Gasteiger partial charge in [0.15, 0.2) is 12.4 Å². The molecule has 3 rings (SSSR count). The molecule has 0 saturated carbocycles. The molecule has 24 heavy (non-hydrogen) atoms. The average molecular weight is 390 g/mol. The Hall–Kier alpha value is -2.41. The van der Waals surface area contributed by atoms with Crippen LogP contribution >= 0.6 is 15.9 Å². The molecule has 2 aromatic carbocycles. The summed E-state index contributed by atoms with van der Waals surface area (Å²) in [4.78, 5) is 16.1. The monoisotopic (exact) mass is 389 g/mol. The lowest BCUT2D eigenvalue weighted by Crippen LogP contribution is -2.31. The van der Waals surface area contributed by atoms with Crippen LogP contribution in [0.4, 0.5) is 0 Å². The van der Waals surface area contributed by atoms with Crippen molar-refractivity contribution in [2.75, 3.05) is 6.61 Å². The van der Waals surface area contributed by atoms with Gasteiger partial charge in [-0.1, -0.05) is 33.2 Å². The van der Waals surface area contributed by atoms with Crippen molar-refractivity contribution in [1.82, 2.24) is 15.5 Å². The van der Waals surface area contributed by atoms with Gasteiger partial charge < -0.3 is 14.6 Å². The number of fused-ring (bicyclic) bond motifs is 1. The number of carbonyl (C=O) groups excluding carboxylic acids is 1. The molecule has 3 aromatic rings. The Kier molecular flexibility index (Phi) is 4.80. The number of nitrogens with one attached hydrogen (secondary N) is 1. The Bertz CT molecular complexity index is 878. The molecule has 0 aliphatic rings. The molecular formula is C17H16BrN3O3. The Morgan fingerprint density at radius 3 is 2.79 bits per heavy atom. The van der Waals surface area contributed by atoms with Gasteiger partial charge in [0.25, 0.3) is 5.91 Å². The third-order valence-corrected chi connectivity index (χ3v) is 3.93. The molecule has 0 fully saturated rings. The van der Waals surface area contributed by atoms with E-state index in [1.165, 1.54) is 0 Å². The fourth-order valence-corrected chi connectivity index (χ4v) is 2.65. The Labute approximate surface area is 147 Å². The van der Waals surface area contributed by atoms with Gasteiger partial charge in [0.2, 0.25) is 5.89 Å². The summed E-state index contributed by atoms with van der Waals surface area (Å²) in [6.45, 7) is 3.42. The molecule has 0 radical (unpaired) electrons. The van der Waals surface area contributed by atoms with E-state index >= 15 is 0 Å². The fourth-order valence-electron chi connectivity index (χ4n) is 2.27. The largest absolute Gasteiger partial charge is 0.484 e. The molecule has 0 bridgehead atoms. The van der Waals surface area contributed by atoms with Crippen LogP contribution in [0.2, 0.25) is 0 Å². The number of nitrogens with zero attached hydrogens (tertiary/aromatic N) is 2. The van der Waals surface area contributed by atoms with E-state index in [1.54, 1.807) is 13.8 Å². The molecule has 124 valence electrons. The van der Waals surface area contributed by atoms with Crippen molar-refractivity contribution in [2.24, 2.45) is 0 Å². The first-order valence-electron chi connectivity index (χ1n) is 7.43. The highest BCUT2D eigenvalue weighted by Crippen LogP contribution is 2.24. The van der Waals surface area contributed by atoms with Gasteiger partial charge in [-0.15, -0.1) is 0 Å². The van der Waals surface area contributed by atoms with Gasteiger partial charge in [-0.25, -0.2) is 0 Å². The van der Waals surface area contributed by atoms with Crippen LogP contribution in [0.15, 0.2) is 45.4 Å². The normalized spacial score (nSPS) is 12.1. The molecule has 6 nitrogen and oxygen atoms in total. The minimum absolute atomic E-state index is 0.0838. The minimum Gasteiger partial charge on any atom is -0.484 e. The third-order valence-electron chi connectivity index (χ3n) is 3.43. The summed E-state index contributed by atoms with van der Waals surface area (Å²) in [5.74, 6) is 1.29. The molecule has 0 aliphatic carbocycles. The number of carbonyl (C=O) groups is 1. The van der Waals surface area contributed by atoms with Gasteiger partial charge >= 0.3 is 0 Å². The zero-order valence-corrected chi connectivity index (χ0v) is 14.8. The molecule has 0 saturated heterocycles. The summed E-state index contributed by atoms with van der Waals surface area (Å²) in [6, 6.07) is 11.3. The van der Waals surface area contributed by atoms with Crippen LogP contribution in [-0.2, 0) is 4.79 Å². The topological polar surface area (TPSA) is 77.2 Å². The molecule has 1 N–H and O–H groups in total. The number of amides is 1. The van der Waals surface area contributed by atoms with Crippen molar-refractivity contribution in [3.8, 4) is 5.75 Å². The van der Waals surface area contributed by atoms with Crippen molar-refractivity contribution < 1.29 is 14.1 Å². The number of ether oxygens (including phenoxy) is 1. The van der Waals surface area contributed by atoms with Crippen LogP contribution in [0, 0.1) is 6.92 Å². The second kappa shape index (κ2) is 7.00. The zero-order valence-electron chi connectivity index (χ0n) is 13.2. The first-order chi connectivity index (χ1) is 11.5. The molecule has 1 heterocycles. The van der Waals surface area contributed by atoms with E-state index in [4.69, 9.17) is 9.26 Å². The lowest BCUT2D eigenvalue weighted by molar-refractivity contribution is -0.123. The van der Waals surface area contributed by atoms with E-state index in [2.05, 4.69) is 31.4 Å². The van der Waals surface area contributed by atoms with Crippen molar-refractivity contribution >= 4 is 32.6 Å². The summed E-state index contributed by atoms with van der Waals surface area (Å²) in [7, 11) is 0. The smallest absolute Gasteiger partial charge is 0.258 e. The van der Waals surface area contributed by atoms with Crippen LogP contribution in [0.1, 0.15) is 24.7 Å². The van der Waals surface area contributed by atoms with Crippen LogP contribution < -0.4 is 10.1 Å². The second-order valence-electron chi connectivity index (χ2n) is 5.41. The van der Waals surface area contributed by atoms with Crippen molar-refractivity contribution in [3.05, 3.63) is 52.6 Å². The quantitative estimate of drug-likeness (QED) is 0.721. The summed E-state index contributed by atoms with van der Waals surface area (Å²) >= 11 is 3.44. The Morgan fingerprint density at radius 2 is 2.04 bits per heavy atom. The van der Waals surface area contributed by atoms with E-state index in [-0.39, 0.29) is 18.6 Å². The summed E-state index contributed by atoms with van der Waals surface area (Å²) < 4.78 is 11.6. The molecule has 1 amide bonds. The van der Waals surface area contributed by atoms with E-state index in [0.29, 0.717) is 17.5 Å². The van der Waals surface area contributed by atoms with Crippen LogP contribution in [0.3, 0.4) is 0 Å². The first-order valence-corrected chi connectivity index (χ1v) is 8.22. The summed E-state index contributed by atoms with van der Waals surface area (Å²) in [6.07, 6.45) is 0. The van der Waals surface area contributed by atoms with Gasteiger partial charge in [0, 0.05) is 4.47 Å². The van der Waals surface area contributed by atoms with Gasteiger partial charge in [0.1, 0.15) is 11.8 Å². The zero-order chi connectivity index (χ0) is 17.1. The van der Waals surface area contributed by atoms with E-state index < -0.39 is 0 Å². The minimum atomic E-state index is -0.365. The molecule has 7 heteroatoms. The number of aromatic nitrogens is 2. The van der Waals surface area contributed by atoms with Gasteiger partial charge in [-0.05, 0) is 48.9 Å². The Morgan fingerprint density at radius 1 is 1.29 bits per heavy atom. The number of hydrogen-bond donors (Lipinski definition) is 1. The van der Waals surface area contributed by atoms with Crippen LogP contribution in [0.5, 0.6) is 5.75 Å². The first kappa shape index (κ1) is 16.4. The standard InChI is InChI=1S/C17H16BrN3O3/c1-10(17-20-11(2)21-24-17)19-16(22)9-23-15-6-4-12-7-14(18)5-3-13(12)8-15/h3-8,10H,9H2,1-2H3,(H,19,22)/t10-/m1/s1. The SMILES string of the molecule is Cc1noc([C@@H](C)NC(=O)COc2ccc3cc(Br)ccc3c2)n1. The van der Waals surface area contributed by atoms with Crippen LogP contribution in [-0.4, -0.2) is 22.7 Å². The third kappa shape index (κ3) is 3.91. The molecule has 1 atom stereocenters. The lowest BCUT2D eigenvalue weighted by Gasteiger charge is -2.11. The van der Waals surface area contributed by atoms with E-state index in [0.717, 1.165) is 15.2 Å². The maximum Gasteiger partial charge on any atom is 0.258 e. The lowest BCUT2D eigenvalue weighted by atomic mass is 10.1. The number of aryl methyl sites for hydroxylation is 1. The number of hydrogen-bond acceptors (Lipinski definition) is 5. The van der Waals surface area contributed by atoms with E-state index in [9.17, 15) is 4.79 Å². The highest BCUT2D eigenvalue weighted by atomic mass is 79.9. The predicted octanol–water partition coefficient (Wildman–Crippen LogP) is 3.55. The number of benzene rings is 2. The van der Waals surface area contributed by atoms with Crippen molar-refractivity contribution in [3.63, 3.8) is 0 Å². The summed E-state index contributed by atoms with van der Waals surface area (Å²) in [5.41, 5.74) is 0. The van der Waals surface area contributed by atoms with Gasteiger partial charge in [0.05, 0.1) is 0 Å². The Balaban J connectivity index is 1.58. The molecule has 0 unspecified atom stereocenters.